The number of benzene rings is 3. The molecule has 5 aromatic rings. The number of hydrogen-bond acceptors (Lipinski definition) is 2. The van der Waals surface area contributed by atoms with E-state index in [1.807, 2.05) is 31.2 Å². The molecule has 41 heavy (non-hydrogen) atoms. The Bertz CT molecular complexity index is 2000. The summed E-state index contributed by atoms with van der Waals surface area (Å²) in [5.41, 5.74) is 13.4. The van der Waals surface area contributed by atoms with E-state index in [2.05, 4.69) is 125 Å². The Kier molecular flexibility index (Phi) is 7.05. The van der Waals surface area contributed by atoms with E-state index >= 15 is 0 Å². The fourth-order valence-corrected chi connectivity index (χ4v) is 5.78. The van der Waals surface area contributed by atoms with Crippen LogP contribution in [0.5, 0.6) is 0 Å². The molecular weight excluding hydrogens is 500 g/mol. The molecule has 0 radical (unpaired) electrons. The summed E-state index contributed by atoms with van der Waals surface area (Å²) in [7, 11) is 0. The van der Waals surface area contributed by atoms with Gasteiger partial charge in [0.25, 0.3) is 0 Å². The summed E-state index contributed by atoms with van der Waals surface area (Å²) in [6.45, 7) is 10.1. The molecule has 3 aromatic carbocycles. The molecule has 2 aromatic heterocycles. The average Bonchev–Trinajstić information content (AvgIpc) is 3.50. The number of nitrogens with zero attached hydrogens (tertiary/aromatic N) is 2. The van der Waals surface area contributed by atoms with Gasteiger partial charge in [-0.05, 0) is 67.1 Å². The molecule has 1 atom stereocenters. The Hall–Kier alpha value is -5.22. The van der Waals surface area contributed by atoms with Crippen LogP contribution in [0.15, 0.2) is 152 Å². The number of nitrogens with one attached hydrogen (secondary N) is 1. The van der Waals surface area contributed by atoms with Crippen molar-refractivity contribution in [3.8, 4) is 0 Å². The summed E-state index contributed by atoms with van der Waals surface area (Å²) in [6.07, 6.45) is 23.2. The molecule has 2 heterocycles. The van der Waals surface area contributed by atoms with Gasteiger partial charge in [-0.1, -0.05) is 98.2 Å². The highest BCUT2D eigenvalue weighted by atomic mass is 15.2. The summed E-state index contributed by atoms with van der Waals surface area (Å²) >= 11 is 0. The smallest absolute Gasteiger partial charge is 0.123 e. The van der Waals surface area contributed by atoms with E-state index in [4.69, 9.17) is 5.73 Å². The van der Waals surface area contributed by atoms with Gasteiger partial charge in [0.2, 0.25) is 0 Å². The maximum absolute atomic E-state index is 6.84. The highest BCUT2D eigenvalue weighted by Gasteiger charge is 2.20. The molecule has 0 bridgehead atoms. The Morgan fingerprint density at radius 3 is 2.37 bits per heavy atom. The van der Waals surface area contributed by atoms with Gasteiger partial charge < -0.3 is 15.6 Å². The molecule has 0 aliphatic heterocycles. The third-order valence-electron chi connectivity index (χ3n) is 7.58. The third kappa shape index (κ3) is 4.74. The largest absolute Gasteiger partial charge is 0.385 e. The van der Waals surface area contributed by atoms with Gasteiger partial charge in [0.15, 0.2) is 0 Å². The molecule has 202 valence electrons. The van der Waals surface area contributed by atoms with Gasteiger partial charge in [0.1, 0.15) is 12.0 Å². The number of nitrogens with two attached hydrogens (primary N) is 1. The van der Waals surface area contributed by atoms with Gasteiger partial charge in [-0.2, -0.15) is 0 Å². The minimum atomic E-state index is -0.170. The number of allylic oxidation sites excluding steroid dienone is 11. The minimum Gasteiger partial charge on any atom is -0.385 e. The molecule has 0 amide bonds. The van der Waals surface area contributed by atoms with Gasteiger partial charge in [-0.25, -0.2) is 0 Å². The zero-order valence-corrected chi connectivity index (χ0v) is 23.3. The van der Waals surface area contributed by atoms with E-state index < -0.39 is 0 Å². The highest BCUT2D eigenvalue weighted by molar-refractivity contribution is 6.19. The summed E-state index contributed by atoms with van der Waals surface area (Å²) in [5.74, 6) is 0.678. The Labute approximate surface area is 240 Å². The normalized spacial score (nSPS) is 15.8. The Morgan fingerprint density at radius 1 is 0.902 bits per heavy atom. The number of para-hydroxylation sites is 2. The van der Waals surface area contributed by atoms with Crippen molar-refractivity contribution < 1.29 is 0 Å². The molecule has 1 aliphatic rings. The van der Waals surface area contributed by atoms with Crippen molar-refractivity contribution in [2.24, 2.45) is 5.73 Å². The summed E-state index contributed by atoms with van der Waals surface area (Å²) in [4.78, 5) is 0. The van der Waals surface area contributed by atoms with E-state index in [0.29, 0.717) is 5.82 Å². The molecule has 0 saturated carbocycles. The lowest BCUT2D eigenvalue weighted by atomic mass is 10.1. The van der Waals surface area contributed by atoms with Crippen molar-refractivity contribution in [2.45, 2.75) is 19.5 Å². The first-order chi connectivity index (χ1) is 20.1. The second kappa shape index (κ2) is 11.1. The molecule has 0 spiro atoms. The molecule has 0 fully saturated rings. The van der Waals surface area contributed by atoms with Crippen LogP contribution in [0.25, 0.3) is 49.4 Å². The SMILES string of the molecule is C=CNC(/C=C\C(=C)/C=C\C)n1c2ccccc2c2cc3c4ccccc4n(/C(N)=C/C=C4/C=CC=CC4)c3cc21. The van der Waals surface area contributed by atoms with Crippen molar-refractivity contribution in [1.82, 2.24) is 14.5 Å². The quantitative estimate of drug-likeness (QED) is 0.195. The van der Waals surface area contributed by atoms with E-state index in [9.17, 15) is 0 Å². The maximum atomic E-state index is 6.84. The zero-order chi connectivity index (χ0) is 28.3. The predicted octanol–water partition coefficient (Wildman–Crippen LogP) is 9.02. The standard InChI is InChI=1S/C37H34N4/c1-4-13-26(3)20-23-37(39-5-2)41-33-19-12-10-17-29(33)31-24-30-28-16-9-11-18-32(28)40(34(30)25-35(31)41)36(38)22-21-27-14-7-6-8-15-27/h4-14,16-25,37,39H,2-3,15,38H2,1H3/b13-4-,23-20-,27-21-,36-22+. The van der Waals surface area contributed by atoms with Crippen LogP contribution < -0.4 is 11.1 Å². The summed E-state index contributed by atoms with van der Waals surface area (Å²) in [5, 5.41) is 8.18. The lowest BCUT2D eigenvalue weighted by Crippen LogP contribution is -2.20. The van der Waals surface area contributed by atoms with Gasteiger partial charge >= 0.3 is 0 Å². The molecule has 1 aliphatic carbocycles. The molecule has 6 rings (SSSR count). The van der Waals surface area contributed by atoms with Crippen LogP contribution in [-0.4, -0.2) is 9.13 Å². The molecule has 4 nitrogen and oxygen atoms in total. The number of fused-ring (bicyclic) bond motifs is 6. The van der Waals surface area contributed by atoms with Crippen molar-refractivity contribution in [2.75, 3.05) is 0 Å². The topological polar surface area (TPSA) is 47.9 Å². The highest BCUT2D eigenvalue weighted by Crippen LogP contribution is 2.39. The van der Waals surface area contributed by atoms with Crippen LogP contribution in [0, 0.1) is 0 Å². The summed E-state index contributed by atoms with van der Waals surface area (Å²) < 4.78 is 4.50. The van der Waals surface area contributed by atoms with Crippen LogP contribution in [-0.2, 0) is 0 Å². The lowest BCUT2D eigenvalue weighted by Gasteiger charge is -2.19. The first-order valence-corrected chi connectivity index (χ1v) is 13.9. The van der Waals surface area contributed by atoms with E-state index in [1.54, 1.807) is 6.20 Å². The van der Waals surface area contributed by atoms with Gasteiger partial charge in [-0.15, -0.1) is 0 Å². The van der Waals surface area contributed by atoms with E-state index in [0.717, 1.165) is 34.1 Å². The first kappa shape index (κ1) is 26.0. The fraction of sp³-hybridized carbons (Fsp3) is 0.0811. The first-order valence-electron chi connectivity index (χ1n) is 13.9. The number of hydrogen-bond donors (Lipinski definition) is 2. The van der Waals surface area contributed by atoms with Gasteiger partial charge in [0.05, 0.1) is 22.1 Å². The Morgan fingerprint density at radius 2 is 1.63 bits per heavy atom. The fourth-order valence-electron chi connectivity index (χ4n) is 5.78. The van der Waals surface area contributed by atoms with Crippen LogP contribution in [0.1, 0.15) is 19.5 Å². The molecular formula is C37H34N4. The zero-order valence-electron chi connectivity index (χ0n) is 23.3. The predicted molar refractivity (Wildman–Crippen MR) is 177 cm³/mol. The molecule has 0 saturated heterocycles. The second-order valence-electron chi connectivity index (χ2n) is 10.2. The van der Waals surface area contributed by atoms with E-state index in [1.165, 1.54) is 27.1 Å². The van der Waals surface area contributed by atoms with Crippen LogP contribution in [0.2, 0.25) is 0 Å². The summed E-state index contributed by atoms with van der Waals surface area (Å²) in [6, 6.07) is 21.6. The van der Waals surface area contributed by atoms with E-state index in [-0.39, 0.29) is 6.17 Å². The molecule has 3 N–H and O–H groups in total. The van der Waals surface area contributed by atoms with Gasteiger partial charge in [0, 0.05) is 21.5 Å². The van der Waals surface area contributed by atoms with Crippen molar-refractivity contribution >= 4 is 49.4 Å². The lowest BCUT2D eigenvalue weighted by molar-refractivity contribution is 0.584. The van der Waals surface area contributed by atoms with Crippen LogP contribution in [0.3, 0.4) is 0 Å². The number of aromatic nitrogens is 2. The van der Waals surface area contributed by atoms with Crippen molar-refractivity contribution in [1.29, 1.82) is 0 Å². The second-order valence-corrected chi connectivity index (χ2v) is 10.2. The molecule has 1 unspecified atom stereocenters. The van der Waals surface area contributed by atoms with Crippen LogP contribution >= 0.6 is 0 Å². The number of rotatable bonds is 8. The van der Waals surface area contributed by atoms with Crippen molar-refractivity contribution in [3.63, 3.8) is 0 Å². The maximum Gasteiger partial charge on any atom is 0.123 e. The minimum absolute atomic E-state index is 0.170. The monoisotopic (exact) mass is 534 g/mol. The third-order valence-corrected chi connectivity index (χ3v) is 7.58. The molecule has 4 heteroatoms. The van der Waals surface area contributed by atoms with Crippen LogP contribution in [0.4, 0.5) is 0 Å². The average molecular weight is 535 g/mol. The Balaban J connectivity index is 1.64. The van der Waals surface area contributed by atoms with Crippen molar-refractivity contribution in [3.05, 3.63) is 152 Å². The van der Waals surface area contributed by atoms with Gasteiger partial charge in [-0.3, -0.25) is 4.57 Å².